The standard InChI is InChI=1S/C9H11BrFNO/c1-2-7(12)5-3-4-6(11)8(10)9(5)13/h3-4,7,13H,2,12H2,1H3/t7-/m1/s1. The summed E-state index contributed by atoms with van der Waals surface area (Å²) in [5.74, 6) is -0.584. The molecule has 0 spiro atoms. The summed E-state index contributed by atoms with van der Waals surface area (Å²) in [5, 5.41) is 9.51. The van der Waals surface area contributed by atoms with E-state index in [4.69, 9.17) is 5.73 Å². The molecule has 1 atom stereocenters. The maximum absolute atomic E-state index is 12.9. The normalized spacial score (nSPS) is 12.9. The summed E-state index contributed by atoms with van der Waals surface area (Å²) in [5.41, 5.74) is 6.28. The van der Waals surface area contributed by atoms with Gasteiger partial charge >= 0.3 is 0 Å². The Hall–Kier alpha value is -0.610. The third-order valence-corrected chi connectivity index (χ3v) is 2.69. The van der Waals surface area contributed by atoms with Crippen molar-refractivity contribution < 1.29 is 9.50 Å². The predicted molar refractivity (Wildman–Crippen MR) is 53.0 cm³/mol. The molecule has 72 valence electrons. The lowest BCUT2D eigenvalue weighted by Gasteiger charge is -2.12. The molecule has 4 heteroatoms. The Morgan fingerprint density at radius 1 is 1.62 bits per heavy atom. The predicted octanol–water partition coefficient (Wildman–Crippen LogP) is 2.70. The average Bonchev–Trinajstić information content (AvgIpc) is 2.13. The average molecular weight is 248 g/mol. The van der Waals surface area contributed by atoms with Crippen LogP contribution < -0.4 is 5.73 Å². The van der Waals surface area contributed by atoms with Gasteiger partial charge in [0.05, 0.1) is 4.47 Å². The van der Waals surface area contributed by atoms with Gasteiger partial charge in [-0.15, -0.1) is 0 Å². The summed E-state index contributed by atoms with van der Waals surface area (Å²) in [6.45, 7) is 1.90. The summed E-state index contributed by atoms with van der Waals surface area (Å²) in [6, 6.07) is 2.54. The summed E-state index contributed by atoms with van der Waals surface area (Å²) in [7, 11) is 0. The first-order valence-corrected chi connectivity index (χ1v) is 4.79. The van der Waals surface area contributed by atoms with Crippen LogP contribution in [0.5, 0.6) is 5.75 Å². The van der Waals surface area contributed by atoms with Gasteiger partial charge in [0.25, 0.3) is 0 Å². The van der Waals surface area contributed by atoms with Crippen molar-refractivity contribution in [1.82, 2.24) is 0 Å². The fourth-order valence-corrected chi connectivity index (χ4v) is 1.44. The van der Waals surface area contributed by atoms with Crippen molar-refractivity contribution in [3.8, 4) is 5.75 Å². The molecule has 0 aliphatic heterocycles. The minimum Gasteiger partial charge on any atom is -0.506 e. The molecule has 13 heavy (non-hydrogen) atoms. The van der Waals surface area contributed by atoms with Crippen molar-refractivity contribution >= 4 is 15.9 Å². The van der Waals surface area contributed by atoms with E-state index in [1.54, 1.807) is 0 Å². The zero-order valence-electron chi connectivity index (χ0n) is 7.22. The van der Waals surface area contributed by atoms with Gasteiger partial charge in [0.2, 0.25) is 0 Å². The van der Waals surface area contributed by atoms with Crippen molar-refractivity contribution in [2.24, 2.45) is 5.73 Å². The van der Waals surface area contributed by atoms with Gasteiger partial charge < -0.3 is 10.8 Å². The molecule has 2 nitrogen and oxygen atoms in total. The van der Waals surface area contributed by atoms with Crippen LogP contribution in [0.25, 0.3) is 0 Å². The van der Waals surface area contributed by atoms with Crippen LogP contribution in [-0.4, -0.2) is 5.11 Å². The van der Waals surface area contributed by atoms with Gasteiger partial charge in [0.1, 0.15) is 11.6 Å². The molecule has 1 rings (SSSR count). The molecule has 0 fully saturated rings. The third-order valence-electron chi connectivity index (χ3n) is 1.94. The van der Waals surface area contributed by atoms with Gasteiger partial charge in [-0.1, -0.05) is 13.0 Å². The second-order valence-corrected chi connectivity index (χ2v) is 3.61. The molecular weight excluding hydrogens is 237 g/mol. The topological polar surface area (TPSA) is 46.2 Å². The number of nitrogens with two attached hydrogens (primary N) is 1. The number of rotatable bonds is 2. The van der Waals surface area contributed by atoms with E-state index < -0.39 is 5.82 Å². The van der Waals surface area contributed by atoms with Crippen molar-refractivity contribution in [3.05, 3.63) is 28.0 Å². The van der Waals surface area contributed by atoms with Crippen molar-refractivity contribution in [1.29, 1.82) is 0 Å². The van der Waals surface area contributed by atoms with Gasteiger partial charge in [-0.2, -0.15) is 0 Å². The first kappa shape index (κ1) is 10.5. The first-order chi connectivity index (χ1) is 6.07. The molecule has 0 aliphatic rings. The molecule has 0 heterocycles. The van der Waals surface area contributed by atoms with E-state index in [9.17, 15) is 9.50 Å². The highest BCUT2D eigenvalue weighted by molar-refractivity contribution is 9.10. The Morgan fingerprint density at radius 3 is 2.77 bits per heavy atom. The highest BCUT2D eigenvalue weighted by atomic mass is 79.9. The highest BCUT2D eigenvalue weighted by Gasteiger charge is 2.14. The Bertz CT molecular complexity index is 317. The largest absolute Gasteiger partial charge is 0.506 e. The summed E-state index contributed by atoms with van der Waals surface area (Å²) < 4.78 is 13.0. The number of aromatic hydroxyl groups is 1. The number of phenols is 1. The molecule has 0 amide bonds. The maximum Gasteiger partial charge on any atom is 0.141 e. The lowest BCUT2D eigenvalue weighted by Crippen LogP contribution is -2.09. The summed E-state index contributed by atoms with van der Waals surface area (Å²) in [6.07, 6.45) is 0.700. The second kappa shape index (κ2) is 4.07. The SMILES string of the molecule is CC[C@@H](N)c1ccc(F)c(Br)c1O. The van der Waals surface area contributed by atoms with Gasteiger partial charge in [0, 0.05) is 11.6 Å². The van der Waals surface area contributed by atoms with Gasteiger partial charge in [-0.05, 0) is 28.4 Å². The van der Waals surface area contributed by atoms with E-state index in [0.717, 1.165) is 0 Å². The van der Waals surface area contributed by atoms with E-state index in [2.05, 4.69) is 15.9 Å². The highest BCUT2D eigenvalue weighted by Crippen LogP contribution is 2.33. The van der Waals surface area contributed by atoms with Gasteiger partial charge in [-0.3, -0.25) is 0 Å². The third kappa shape index (κ3) is 2.00. The monoisotopic (exact) mass is 247 g/mol. The summed E-state index contributed by atoms with van der Waals surface area (Å²) in [4.78, 5) is 0. The quantitative estimate of drug-likeness (QED) is 0.845. The Kier molecular flexibility index (Phi) is 3.27. The minimum absolute atomic E-state index is 0.0777. The van der Waals surface area contributed by atoms with Crippen LogP contribution in [0.3, 0.4) is 0 Å². The van der Waals surface area contributed by atoms with Gasteiger partial charge in [-0.25, -0.2) is 4.39 Å². The van der Waals surface area contributed by atoms with Crippen LogP contribution in [0.1, 0.15) is 24.9 Å². The molecule has 0 saturated heterocycles. The van der Waals surface area contributed by atoms with E-state index >= 15 is 0 Å². The maximum atomic E-state index is 12.9. The van der Waals surface area contributed by atoms with Crippen LogP contribution in [-0.2, 0) is 0 Å². The fraction of sp³-hybridized carbons (Fsp3) is 0.333. The van der Waals surface area contributed by atoms with Crippen LogP contribution in [0, 0.1) is 5.82 Å². The zero-order valence-corrected chi connectivity index (χ0v) is 8.81. The van der Waals surface area contributed by atoms with E-state index in [1.165, 1.54) is 12.1 Å². The van der Waals surface area contributed by atoms with Crippen LogP contribution in [0.4, 0.5) is 4.39 Å². The number of benzene rings is 1. The lowest BCUT2D eigenvalue weighted by atomic mass is 10.0. The Balaban J connectivity index is 3.18. The summed E-state index contributed by atoms with van der Waals surface area (Å²) >= 11 is 2.95. The van der Waals surface area contributed by atoms with E-state index in [0.29, 0.717) is 12.0 Å². The Labute approximate surface area is 84.7 Å². The van der Waals surface area contributed by atoms with Crippen LogP contribution in [0.15, 0.2) is 16.6 Å². The molecule has 0 aromatic heterocycles. The molecule has 0 saturated carbocycles. The smallest absolute Gasteiger partial charge is 0.141 e. The van der Waals surface area contributed by atoms with Crippen molar-refractivity contribution in [2.45, 2.75) is 19.4 Å². The number of phenolic OH excluding ortho intramolecular Hbond substituents is 1. The molecule has 0 bridgehead atoms. The van der Waals surface area contributed by atoms with Crippen LogP contribution in [0.2, 0.25) is 0 Å². The molecule has 0 aliphatic carbocycles. The number of hydrogen-bond acceptors (Lipinski definition) is 2. The minimum atomic E-state index is -0.482. The van der Waals surface area contributed by atoms with Crippen LogP contribution >= 0.6 is 15.9 Å². The first-order valence-electron chi connectivity index (χ1n) is 4.00. The molecule has 1 aromatic carbocycles. The zero-order chi connectivity index (χ0) is 10.0. The van der Waals surface area contributed by atoms with Crippen molar-refractivity contribution in [2.75, 3.05) is 0 Å². The molecule has 0 unspecified atom stereocenters. The fourth-order valence-electron chi connectivity index (χ4n) is 1.07. The number of halogens is 2. The Morgan fingerprint density at radius 2 is 2.23 bits per heavy atom. The van der Waals surface area contributed by atoms with Gasteiger partial charge in [0.15, 0.2) is 0 Å². The molecular formula is C9H11BrFNO. The number of hydrogen-bond donors (Lipinski definition) is 2. The molecule has 0 radical (unpaired) electrons. The van der Waals surface area contributed by atoms with E-state index in [1.807, 2.05) is 6.92 Å². The second-order valence-electron chi connectivity index (χ2n) is 2.81. The van der Waals surface area contributed by atoms with E-state index in [-0.39, 0.29) is 16.3 Å². The lowest BCUT2D eigenvalue weighted by molar-refractivity contribution is 0.449. The molecule has 3 N–H and O–H groups in total. The molecule has 1 aromatic rings. The van der Waals surface area contributed by atoms with Crippen molar-refractivity contribution in [3.63, 3.8) is 0 Å².